The highest BCUT2D eigenvalue weighted by Gasteiger charge is 2.23. The Kier molecular flexibility index (Phi) is 3.66. The molecule has 0 aliphatic heterocycles. The second kappa shape index (κ2) is 4.57. The average Bonchev–Trinajstić information content (AvgIpc) is 2.48. The molecule has 5 heteroatoms. The molecule has 0 amide bonds. The van der Waals surface area contributed by atoms with E-state index >= 15 is 0 Å². The highest BCUT2D eigenvalue weighted by molar-refractivity contribution is 6.33. The van der Waals surface area contributed by atoms with Gasteiger partial charge in [-0.3, -0.25) is 9.48 Å². The molecule has 0 N–H and O–H groups in total. The fourth-order valence-corrected chi connectivity index (χ4v) is 1.56. The van der Waals surface area contributed by atoms with Crippen LogP contribution in [0.4, 0.5) is 0 Å². The van der Waals surface area contributed by atoms with Gasteiger partial charge in [-0.2, -0.15) is 5.10 Å². The maximum atomic E-state index is 11.8. The molecule has 4 nitrogen and oxygen atoms in total. The number of hydrogen-bond acceptors (Lipinski definition) is 3. The number of Topliss-reactive ketones (excluding diaryl/α,β-unsaturated/α-hetero) is 1. The summed E-state index contributed by atoms with van der Waals surface area (Å²) in [4.78, 5) is 11.8. The van der Waals surface area contributed by atoms with Crippen molar-refractivity contribution in [2.75, 3.05) is 7.11 Å². The van der Waals surface area contributed by atoms with E-state index in [0.29, 0.717) is 17.1 Å². The summed E-state index contributed by atoms with van der Waals surface area (Å²) in [6.45, 7) is 1.89. The normalized spacial score (nSPS) is 12.9. The van der Waals surface area contributed by atoms with E-state index in [0.717, 1.165) is 0 Å². The second-order valence-electron chi connectivity index (χ2n) is 2.96. The van der Waals surface area contributed by atoms with E-state index in [4.69, 9.17) is 16.3 Å². The van der Waals surface area contributed by atoms with E-state index in [9.17, 15) is 4.79 Å². The minimum absolute atomic E-state index is 0.125. The van der Waals surface area contributed by atoms with Gasteiger partial charge in [-0.25, -0.2) is 0 Å². The fourth-order valence-electron chi connectivity index (χ4n) is 1.30. The molecule has 0 saturated carbocycles. The molecule has 1 atom stereocenters. The van der Waals surface area contributed by atoms with E-state index in [1.54, 1.807) is 7.05 Å². The topological polar surface area (TPSA) is 44.1 Å². The van der Waals surface area contributed by atoms with E-state index in [-0.39, 0.29) is 5.78 Å². The minimum atomic E-state index is -0.442. The van der Waals surface area contributed by atoms with E-state index in [1.807, 2.05) is 6.92 Å². The molecule has 1 rings (SSSR count). The molecule has 0 fully saturated rings. The van der Waals surface area contributed by atoms with Gasteiger partial charge in [0.25, 0.3) is 0 Å². The molecule has 1 aromatic rings. The van der Waals surface area contributed by atoms with Gasteiger partial charge in [0.2, 0.25) is 5.78 Å². The molecule has 1 unspecified atom stereocenters. The standard InChI is InChI=1S/C9H13ClN2O2/c1-4-7(14-3)9(13)8-6(10)5-11-12(8)2/h5,7H,4H2,1-3H3. The maximum Gasteiger partial charge on any atom is 0.210 e. The SMILES string of the molecule is CCC(OC)C(=O)c1c(Cl)cnn1C. The Morgan fingerprint density at radius 2 is 2.43 bits per heavy atom. The smallest absolute Gasteiger partial charge is 0.210 e. The van der Waals surface area contributed by atoms with Crippen molar-refractivity contribution in [1.29, 1.82) is 0 Å². The van der Waals surface area contributed by atoms with Crippen LogP contribution in [0, 0.1) is 0 Å². The first kappa shape index (κ1) is 11.2. The molecule has 0 aromatic carbocycles. The molecule has 0 aliphatic carbocycles. The Hall–Kier alpha value is -0.870. The molecule has 1 heterocycles. The first-order valence-electron chi connectivity index (χ1n) is 4.36. The van der Waals surface area contributed by atoms with Crippen molar-refractivity contribution in [1.82, 2.24) is 9.78 Å². The number of carbonyl (C=O) groups excluding carboxylic acids is 1. The number of nitrogens with zero attached hydrogens (tertiary/aromatic N) is 2. The zero-order chi connectivity index (χ0) is 10.7. The molecule has 14 heavy (non-hydrogen) atoms. The van der Waals surface area contributed by atoms with Crippen molar-refractivity contribution < 1.29 is 9.53 Å². The van der Waals surface area contributed by atoms with Crippen molar-refractivity contribution in [3.8, 4) is 0 Å². The van der Waals surface area contributed by atoms with Crippen LogP contribution in [0.3, 0.4) is 0 Å². The van der Waals surface area contributed by atoms with Crippen LogP contribution in [-0.4, -0.2) is 28.8 Å². The minimum Gasteiger partial charge on any atom is -0.373 e. The summed E-state index contributed by atoms with van der Waals surface area (Å²) in [5.74, 6) is -0.125. The lowest BCUT2D eigenvalue weighted by Gasteiger charge is -2.11. The van der Waals surface area contributed by atoms with Crippen molar-refractivity contribution in [3.05, 3.63) is 16.9 Å². The van der Waals surface area contributed by atoms with Crippen LogP contribution in [0.5, 0.6) is 0 Å². The summed E-state index contributed by atoms with van der Waals surface area (Å²) in [5.41, 5.74) is 0.403. The molecular formula is C9H13ClN2O2. The quantitative estimate of drug-likeness (QED) is 0.720. The third-order valence-corrected chi connectivity index (χ3v) is 2.35. The van der Waals surface area contributed by atoms with Gasteiger partial charge < -0.3 is 4.74 Å². The summed E-state index contributed by atoms with van der Waals surface area (Å²) in [7, 11) is 3.19. The van der Waals surface area contributed by atoms with Crippen LogP contribution < -0.4 is 0 Å². The van der Waals surface area contributed by atoms with Gasteiger partial charge >= 0.3 is 0 Å². The Morgan fingerprint density at radius 3 is 2.79 bits per heavy atom. The van der Waals surface area contributed by atoms with Crippen LogP contribution in [0.1, 0.15) is 23.8 Å². The number of aryl methyl sites for hydroxylation is 1. The Morgan fingerprint density at radius 1 is 1.79 bits per heavy atom. The number of methoxy groups -OCH3 is 1. The lowest BCUT2D eigenvalue weighted by atomic mass is 10.1. The third-order valence-electron chi connectivity index (χ3n) is 2.08. The molecule has 0 saturated heterocycles. The number of ether oxygens (including phenoxy) is 1. The first-order valence-corrected chi connectivity index (χ1v) is 4.74. The number of ketones is 1. The Labute approximate surface area is 87.8 Å². The van der Waals surface area contributed by atoms with E-state index < -0.39 is 6.10 Å². The zero-order valence-corrected chi connectivity index (χ0v) is 9.21. The molecule has 78 valence electrons. The van der Waals surface area contributed by atoms with Crippen LogP contribution >= 0.6 is 11.6 Å². The summed E-state index contributed by atoms with van der Waals surface area (Å²) >= 11 is 5.84. The first-order chi connectivity index (χ1) is 6.61. The molecule has 1 aromatic heterocycles. The second-order valence-corrected chi connectivity index (χ2v) is 3.37. The van der Waals surface area contributed by atoms with Gasteiger partial charge in [0, 0.05) is 14.2 Å². The van der Waals surface area contributed by atoms with Crippen molar-refractivity contribution in [2.45, 2.75) is 19.4 Å². The molecule has 0 aliphatic rings. The van der Waals surface area contributed by atoms with Gasteiger partial charge in [0.1, 0.15) is 11.8 Å². The van der Waals surface area contributed by atoms with Gasteiger partial charge in [-0.15, -0.1) is 0 Å². The highest BCUT2D eigenvalue weighted by atomic mass is 35.5. The number of carbonyl (C=O) groups is 1. The highest BCUT2D eigenvalue weighted by Crippen LogP contribution is 2.17. The van der Waals surface area contributed by atoms with Gasteiger partial charge in [0.15, 0.2) is 0 Å². The summed E-state index contributed by atoms with van der Waals surface area (Å²) in [6, 6.07) is 0. The average molecular weight is 217 g/mol. The van der Waals surface area contributed by atoms with Crippen molar-refractivity contribution in [3.63, 3.8) is 0 Å². The lowest BCUT2D eigenvalue weighted by molar-refractivity contribution is 0.0586. The van der Waals surface area contributed by atoms with Crippen LogP contribution in [0.2, 0.25) is 5.02 Å². The third kappa shape index (κ3) is 1.96. The Bertz CT molecular complexity index is 312. The number of halogens is 1. The molecular weight excluding hydrogens is 204 g/mol. The molecule has 0 radical (unpaired) electrons. The number of hydrogen-bond donors (Lipinski definition) is 0. The summed E-state index contributed by atoms with van der Waals surface area (Å²) in [6.07, 6.45) is 1.64. The Balaban J connectivity index is 2.99. The van der Waals surface area contributed by atoms with Crippen LogP contribution in [-0.2, 0) is 11.8 Å². The summed E-state index contributed by atoms with van der Waals surface area (Å²) < 4.78 is 6.51. The van der Waals surface area contributed by atoms with Crippen LogP contribution in [0.15, 0.2) is 6.20 Å². The fraction of sp³-hybridized carbons (Fsp3) is 0.556. The predicted octanol–water partition coefficient (Wildman–Crippen LogP) is 1.68. The number of aromatic nitrogens is 2. The zero-order valence-electron chi connectivity index (χ0n) is 8.45. The largest absolute Gasteiger partial charge is 0.373 e. The number of rotatable bonds is 4. The van der Waals surface area contributed by atoms with Gasteiger partial charge in [-0.05, 0) is 6.42 Å². The van der Waals surface area contributed by atoms with Crippen molar-refractivity contribution >= 4 is 17.4 Å². The van der Waals surface area contributed by atoms with Crippen molar-refractivity contribution in [2.24, 2.45) is 7.05 Å². The van der Waals surface area contributed by atoms with E-state index in [1.165, 1.54) is 18.0 Å². The predicted molar refractivity (Wildman–Crippen MR) is 53.6 cm³/mol. The molecule has 0 bridgehead atoms. The summed E-state index contributed by atoms with van der Waals surface area (Å²) in [5, 5.41) is 4.27. The van der Waals surface area contributed by atoms with Crippen LogP contribution in [0.25, 0.3) is 0 Å². The lowest BCUT2D eigenvalue weighted by Crippen LogP contribution is -2.24. The van der Waals surface area contributed by atoms with Gasteiger partial charge in [-0.1, -0.05) is 18.5 Å². The van der Waals surface area contributed by atoms with Gasteiger partial charge in [0.05, 0.1) is 11.2 Å². The maximum absolute atomic E-state index is 11.8. The monoisotopic (exact) mass is 216 g/mol. The van der Waals surface area contributed by atoms with E-state index in [2.05, 4.69) is 5.10 Å². The molecule has 0 spiro atoms.